The van der Waals surface area contributed by atoms with Crippen molar-refractivity contribution in [3.63, 3.8) is 0 Å². The highest BCUT2D eigenvalue weighted by atomic mass is 32.2. The number of rotatable bonds is 7. The lowest BCUT2D eigenvalue weighted by Gasteiger charge is -2.05. The summed E-state index contributed by atoms with van der Waals surface area (Å²) < 4.78 is 31.7. The first kappa shape index (κ1) is 13.1. The van der Waals surface area contributed by atoms with Gasteiger partial charge in [0.05, 0.1) is 0 Å². The van der Waals surface area contributed by atoms with Crippen LogP contribution in [0.5, 0.6) is 5.75 Å². The Hall–Kier alpha value is -0.940. The summed E-state index contributed by atoms with van der Waals surface area (Å²) in [6, 6.07) is 5.43. The van der Waals surface area contributed by atoms with Crippen molar-refractivity contribution in [2.24, 2.45) is 0 Å². The molecule has 1 aromatic rings. The van der Waals surface area contributed by atoms with E-state index >= 15 is 0 Å². The molecule has 0 spiro atoms. The Morgan fingerprint density at radius 2 is 2.00 bits per heavy atom. The third-order valence-corrected chi connectivity index (χ3v) is 2.77. The van der Waals surface area contributed by atoms with Crippen LogP contribution in [0, 0.1) is 5.82 Å². The molecule has 1 unspecified atom stereocenters. The molecule has 90 valence electrons. The van der Waals surface area contributed by atoms with Gasteiger partial charge in [0.2, 0.25) is 0 Å². The molecular weight excluding hydrogens is 229 g/mol. The van der Waals surface area contributed by atoms with E-state index in [4.69, 9.17) is 4.18 Å². The largest absolute Gasteiger partial charge is 0.389 e. The van der Waals surface area contributed by atoms with Crippen LogP contribution in [0.1, 0.15) is 26.2 Å². The molecule has 0 aromatic heterocycles. The fraction of sp³-hybridized carbons (Fsp3) is 0.455. The van der Waals surface area contributed by atoms with E-state index in [2.05, 4.69) is 11.6 Å². The van der Waals surface area contributed by atoms with Crippen LogP contribution in [-0.4, -0.2) is 10.8 Å². The third kappa shape index (κ3) is 5.23. The molecule has 16 heavy (non-hydrogen) atoms. The van der Waals surface area contributed by atoms with Crippen molar-refractivity contribution >= 4 is 11.3 Å². The van der Waals surface area contributed by atoms with Gasteiger partial charge in [-0.3, -0.25) is 0 Å². The lowest BCUT2D eigenvalue weighted by molar-refractivity contribution is 0.541. The van der Waals surface area contributed by atoms with Gasteiger partial charge in [0.1, 0.15) is 11.6 Å². The smallest absolute Gasteiger partial charge is 0.287 e. The Bertz CT molecular complexity index is 329. The van der Waals surface area contributed by atoms with Crippen LogP contribution in [0.2, 0.25) is 0 Å². The highest BCUT2D eigenvalue weighted by Crippen LogP contribution is 2.11. The molecule has 3 nitrogen and oxygen atoms in total. The SMILES string of the molecule is CCCCCNS(=O)Oc1ccc(F)cc1. The number of benzene rings is 1. The van der Waals surface area contributed by atoms with Crippen LogP contribution in [-0.2, 0) is 11.3 Å². The van der Waals surface area contributed by atoms with Gasteiger partial charge in [-0.05, 0) is 30.7 Å². The summed E-state index contributed by atoms with van der Waals surface area (Å²) in [5.74, 6) is 0.0526. The second-order valence-corrected chi connectivity index (χ2v) is 4.30. The fourth-order valence-corrected chi connectivity index (χ4v) is 1.79. The van der Waals surface area contributed by atoms with E-state index in [1.54, 1.807) is 0 Å². The van der Waals surface area contributed by atoms with Crippen LogP contribution in [0.25, 0.3) is 0 Å². The zero-order chi connectivity index (χ0) is 11.8. The molecule has 1 aromatic carbocycles. The van der Waals surface area contributed by atoms with Gasteiger partial charge in [-0.2, -0.15) is 4.21 Å². The van der Waals surface area contributed by atoms with Gasteiger partial charge >= 0.3 is 0 Å². The lowest BCUT2D eigenvalue weighted by atomic mass is 10.3. The molecule has 0 radical (unpaired) electrons. The van der Waals surface area contributed by atoms with Crippen molar-refractivity contribution in [2.75, 3.05) is 6.54 Å². The molecule has 0 fully saturated rings. The van der Waals surface area contributed by atoms with Crippen molar-refractivity contribution in [1.29, 1.82) is 0 Å². The molecule has 1 N–H and O–H groups in total. The van der Waals surface area contributed by atoms with Crippen LogP contribution in [0.4, 0.5) is 4.39 Å². The summed E-state index contributed by atoms with van der Waals surface area (Å²) >= 11 is -1.55. The van der Waals surface area contributed by atoms with E-state index in [0.717, 1.165) is 19.3 Å². The molecule has 0 bridgehead atoms. The van der Waals surface area contributed by atoms with E-state index in [9.17, 15) is 8.60 Å². The number of hydrogen-bond acceptors (Lipinski definition) is 2. The minimum atomic E-state index is -1.55. The van der Waals surface area contributed by atoms with Crippen LogP contribution >= 0.6 is 0 Å². The zero-order valence-electron chi connectivity index (χ0n) is 9.24. The molecule has 0 saturated carbocycles. The average molecular weight is 245 g/mol. The first-order valence-electron chi connectivity index (χ1n) is 5.31. The van der Waals surface area contributed by atoms with Crippen molar-refractivity contribution in [3.8, 4) is 5.75 Å². The Balaban J connectivity index is 2.26. The molecule has 0 saturated heterocycles. The van der Waals surface area contributed by atoms with Gasteiger partial charge in [0.25, 0.3) is 11.3 Å². The first-order chi connectivity index (χ1) is 7.72. The van der Waals surface area contributed by atoms with E-state index in [1.807, 2.05) is 0 Å². The van der Waals surface area contributed by atoms with Gasteiger partial charge in [-0.1, -0.05) is 19.8 Å². The monoisotopic (exact) mass is 245 g/mol. The molecule has 0 heterocycles. The second kappa shape index (κ2) is 7.35. The predicted molar refractivity (Wildman–Crippen MR) is 62.7 cm³/mol. The number of halogens is 1. The van der Waals surface area contributed by atoms with E-state index in [0.29, 0.717) is 12.3 Å². The van der Waals surface area contributed by atoms with Gasteiger partial charge in [0, 0.05) is 6.54 Å². The van der Waals surface area contributed by atoms with Crippen LogP contribution < -0.4 is 8.91 Å². The number of hydrogen-bond donors (Lipinski definition) is 1. The zero-order valence-corrected chi connectivity index (χ0v) is 10.1. The van der Waals surface area contributed by atoms with Crippen LogP contribution in [0.3, 0.4) is 0 Å². The molecular formula is C11H16FNO2S. The minimum Gasteiger partial charge on any atom is -0.389 e. The van der Waals surface area contributed by atoms with Crippen molar-refractivity contribution in [2.45, 2.75) is 26.2 Å². The van der Waals surface area contributed by atoms with Gasteiger partial charge in [-0.15, -0.1) is 0 Å². The number of unbranched alkanes of at least 4 members (excludes halogenated alkanes) is 2. The van der Waals surface area contributed by atoms with Crippen molar-refractivity contribution in [1.82, 2.24) is 4.72 Å². The Morgan fingerprint density at radius 3 is 2.62 bits per heavy atom. The van der Waals surface area contributed by atoms with Gasteiger partial charge in [-0.25, -0.2) is 9.11 Å². The summed E-state index contributed by atoms with van der Waals surface area (Å²) in [4.78, 5) is 0. The molecule has 0 aliphatic carbocycles. The topological polar surface area (TPSA) is 38.3 Å². The maximum Gasteiger partial charge on any atom is 0.287 e. The molecule has 1 atom stereocenters. The molecule has 0 amide bonds. The third-order valence-electron chi connectivity index (χ3n) is 1.99. The quantitative estimate of drug-likeness (QED) is 0.750. The standard InChI is InChI=1S/C11H16FNO2S/c1-2-3-4-9-13-16(14)15-11-7-5-10(12)6-8-11/h5-8,13H,2-4,9H2,1H3. The fourth-order valence-electron chi connectivity index (χ4n) is 1.14. The lowest BCUT2D eigenvalue weighted by Crippen LogP contribution is -2.22. The maximum atomic E-state index is 12.6. The predicted octanol–water partition coefficient (Wildman–Crippen LogP) is 2.56. The summed E-state index contributed by atoms with van der Waals surface area (Å²) in [5, 5.41) is 0. The molecule has 1 rings (SSSR count). The summed E-state index contributed by atoms with van der Waals surface area (Å²) in [6.45, 7) is 2.76. The summed E-state index contributed by atoms with van der Waals surface area (Å²) in [5.41, 5.74) is 0. The highest BCUT2D eigenvalue weighted by molar-refractivity contribution is 7.78. The normalized spacial score (nSPS) is 12.4. The average Bonchev–Trinajstić information content (AvgIpc) is 2.28. The number of nitrogens with one attached hydrogen (secondary N) is 1. The maximum absolute atomic E-state index is 12.6. The highest BCUT2D eigenvalue weighted by Gasteiger charge is 2.01. The van der Waals surface area contributed by atoms with E-state index in [1.165, 1.54) is 24.3 Å². The Morgan fingerprint density at radius 1 is 1.31 bits per heavy atom. The van der Waals surface area contributed by atoms with Gasteiger partial charge < -0.3 is 4.18 Å². The summed E-state index contributed by atoms with van der Waals surface area (Å²) in [7, 11) is 0. The van der Waals surface area contributed by atoms with Gasteiger partial charge in [0.15, 0.2) is 0 Å². The minimum absolute atomic E-state index is 0.339. The first-order valence-corrected chi connectivity index (χ1v) is 6.39. The molecule has 5 heteroatoms. The van der Waals surface area contributed by atoms with Crippen molar-refractivity contribution < 1.29 is 12.8 Å². The second-order valence-electron chi connectivity index (χ2n) is 3.37. The molecule has 0 aliphatic heterocycles. The van der Waals surface area contributed by atoms with Crippen molar-refractivity contribution in [3.05, 3.63) is 30.1 Å². The Kier molecular flexibility index (Phi) is 6.03. The van der Waals surface area contributed by atoms with Crippen LogP contribution in [0.15, 0.2) is 24.3 Å². The van der Waals surface area contributed by atoms with E-state index in [-0.39, 0.29) is 5.82 Å². The molecule has 0 aliphatic rings. The summed E-state index contributed by atoms with van der Waals surface area (Å²) in [6.07, 6.45) is 3.18. The Labute approximate surface area is 97.8 Å². The van der Waals surface area contributed by atoms with E-state index < -0.39 is 11.3 Å².